The molecule has 1 amide bonds. The molecule has 19 heavy (non-hydrogen) atoms. The topological polar surface area (TPSA) is 41.6 Å². The maximum atomic E-state index is 12.2. The summed E-state index contributed by atoms with van der Waals surface area (Å²) in [6, 6.07) is 9.76. The maximum absolute atomic E-state index is 12.2. The first-order valence-corrected chi connectivity index (χ1v) is 6.69. The summed E-state index contributed by atoms with van der Waals surface area (Å²) in [5, 5.41) is 3.14. The Morgan fingerprint density at radius 1 is 1.32 bits per heavy atom. The highest BCUT2D eigenvalue weighted by Crippen LogP contribution is 2.05. The second-order valence-corrected chi connectivity index (χ2v) is 4.95. The smallest absolute Gasteiger partial charge is 0.241 e. The van der Waals surface area contributed by atoms with Gasteiger partial charge in [0.1, 0.15) is 0 Å². The lowest BCUT2D eigenvalue weighted by Gasteiger charge is -2.24. The van der Waals surface area contributed by atoms with Crippen LogP contribution >= 0.6 is 0 Å². The monoisotopic (exact) mass is 264 g/mol. The number of nitrogens with one attached hydrogen (secondary N) is 1. The lowest BCUT2D eigenvalue weighted by atomic mass is 10.2. The number of carbonyl (C=O) groups is 1. The molecule has 0 spiro atoms. The number of para-hydroxylation sites is 1. The minimum atomic E-state index is 0.106. The van der Waals surface area contributed by atoms with Crippen molar-refractivity contribution in [2.24, 2.45) is 5.92 Å². The highest BCUT2D eigenvalue weighted by atomic mass is 16.5. The highest BCUT2D eigenvalue weighted by molar-refractivity contribution is 5.80. The number of hydrogen-bond donors (Lipinski definition) is 1. The van der Waals surface area contributed by atoms with Gasteiger partial charge in [-0.15, -0.1) is 0 Å². The first kappa shape index (κ1) is 15.5. The van der Waals surface area contributed by atoms with Crippen molar-refractivity contribution in [3.05, 3.63) is 30.3 Å². The zero-order valence-electron chi connectivity index (χ0n) is 12.1. The Kier molecular flexibility index (Phi) is 6.97. The molecule has 1 N–H and O–H groups in total. The standard InChI is InChI=1S/C15H24N2O2/c1-13(2)12-17(9-10-19-3)15(18)11-16-14-7-5-4-6-8-14/h4-8,13,16H,9-12H2,1-3H3. The van der Waals surface area contributed by atoms with Gasteiger partial charge in [0.25, 0.3) is 0 Å². The molecule has 0 saturated heterocycles. The van der Waals surface area contributed by atoms with Crippen LogP contribution in [0, 0.1) is 5.92 Å². The summed E-state index contributed by atoms with van der Waals surface area (Å²) in [7, 11) is 1.65. The van der Waals surface area contributed by atoms with Gasteiger partial charge in [0.05, 0.1) is 13.2 Å². The van der Waals surface area contributed by atoms with Crippen LogP contribution in [0.2, 0.25) is 0 Å². The van der Waals surface area contributed by atoms with Gasteiger partial charge in [-0.05, 0) is 18.1 Å². The van der Waals surface area contributed by atoms with Crippen LogP contribution < -0.4 is 5.32 Å². The van der Waals surface area contributed by atoms with Gasteiger partial charge < -0.3 is 15.0 Å². The minimum absolute atomic E-state index is 0.106. The molecule has 0 atom stereocenters. The predicted molar refractivity (Wildman–Crippen MR) is 78.2 cm³/mol. The van der Waals surface area contributed by atoms with E-state index in [2.05, 4.69) is 19.2 Å². The van der Waals surface area contributed by atoms with Crippen molar-refractivity contribution in [3.63, 3.8) is 0 Å². The van der Waals surface area contributed by atoms with E-state index in [-0.39, 0.29) is 5.91 Å². The molecular weight excluding hydrogens is 240 g/mol. The van der Waals surface area contributed by atoms with Crippen LogP contribution in [0.1, 0.15) is 13.8 Å². The normalized spacial score (nSPS) is 10.5. The van der Waals surface area contributed by atoms with E-state index in [0.29, 0.717) is 25.6 Å². The van der Waals surface area contributed by atoms with Crippen LogP contribution in [0.5, 0.6) is 0 Å². The quantitative estimate of drug-likeness (QED) is 0.783. The molecule has 0 bridgehead atoms. The van der Waals surface area contributed by atoms with Gasteiger partial charge in [0, 0.05) is 25.9 Å². The van der Waals surface area contributed by atoms with Crippen LogP contribution in [0.25, 0.3) is 0 Å². The Morgan fingerprint density at radius 2 is 2.00 bits per heavy atom. The third-order valence-corrected chi connectivity index (χ3v) is 2.72. The maximum Gasteiger partial charge on any atom is 0.241 e. The fraction of sp³-hybridized carbons (Fsp3) is 0.533. The summed E-state index contributed by atoms with van der Waals surface area (Å²) in [5.74, 6) is 0.562. The highest BCUT2D eigenvalue weighted by Gasteiger charge is 2.14. The van der Waals surface area contributed by atoms with E-state index >= 15 is 0 Å². The second-order valence-electron chi connectivity index (χ2n) is 4.95. The minimum Gasteiger partial charge on any atom is -0.383 e. The molecule has 0 fully saturated rings. The first-order valence-electron chi connectivity index (χ1n) is 6.69. The van der Waals surface area contributed by atoms with Crippen LogP contribution in [0.3, 0.4) is 0 Å². The summed E-state index contributed by atoms with van der Waals surface area (Å²) in [6.07, 6.45) is 0. The first-order chi connectivity index (χ1) is 9.13. The number of nitrogens with zero attached hydrogens (tertiary/aromatic N) is 1. The number of carbonyl (C=O) groups excluding carboxylic acids is 1. The van der Waals surface area contributed by atoms with Gasteiger partial charge in [-0.1, -0.05) is 32.0 Å². The largest absolute Gasteiger partial charge is 0.383 e. The number of amides is 1. The van der Waals surface area contributed by atoms with E-state index in [0.717, 1.165) is 12.2 Å². The molecule has 1 aromatic carbocycles. The second kappa shape index (κ2) is 8.53. The average molecular weight is 264 g/mol. The lowest BCUT2D eigenvalue weighted by molar-refractivity contribution is -0.130. The third kappa shape index (κ3) is 6.25. The molecule has 0 aliphatic heterocycles. The van der Waals surface area contributed by atoms with Crippen molar-refractivity contribution >= 4 is 11.6 Å². The summed E-state index contributed by atoms with van der Waals surface area (Å²) in [6.45, 7) is 6.52. The van der Waals surface area contributed by atoms with Crippen LogP contribution in [0.15, 0.2) is 30.3 Å². The molecule has 0 saturated carbocycles. The molecule has 0 heterocycles. The number of anilines is 1. The molecule has 1 aromatic rings. The zero-order chi connectivity index (χ0) is 14.1. The van der Waals surface area contributed by atoms with Crippen molar-refractivity contribution in [2.45, 2.75) is 13.8 Å². The molecule has 1 rings (SSSR count). The van der Waals surface area contributed by atoms with E-state index in [9.17, 15) is 4.79 Å². The Morgan fingerprint density at radius 3 is 2.58 bits per heavy atom. The van der Waals surface area contributed by atoms with Crippen molar-refractivity contribution in [1.82, 2.24) is 4.90 Å². The summed E-state index contributed by atoms with van der Waals surface area (Å²) >= 11 is 0. The molecule has 106 valence electrons. The number of hydrogen-bond acceptors (Lipinski definition) is 3. The van der Waals surface area contributed by atoms with Gasteiger partial charge in [-0.2, -0.15) is 0 Å². The molecule has 0 aliphatic rings. The summed E-state index contributed by atoms with van der Waals surface area (Å²) < 4.78 is 5.05. The number of benzene rings is 1. The van der Waals surface area contributed by atoms with Crippen molar-refractivity contribution in [3.8, 4) is 0 Å². The van der Waals surface area contributed by atoms with Gasteiger partial charge in [0.2, 0.25) is 5.91 Å². The van der Waals surface area contributed by atoms with Gasteiger partial charge in [-0.25, -0.2) is 0 Å². The molecular formula is C15H24N2O2. The van der Waals surface area contributed by atoms with Crippen LogP contribution in [-0.4, -0.2) is 44.2 Å². The van der Waals surface area contributed by atoms with Gasteiger partial charge in [0.15, 0.2) is 0 Å². The predicted octanol–water partition coefficient (Wildman–Crippen LogP) is 2.23. The van der Waals surface area contributed by atoms with E-state index in [4.69, 9.17) is 4.74 Å². The molecule has 0 aliphatic carbocycles. The van der Waals surface area contributed by atoms with Gasteiger partial charge >= 0.3 is 0 Å². The van der Waals surface area contributed by atoms with Crippen molar-refractivity contribution in [1.29, 1.82) is 0 Å². The van der Waals surface area contributed by atoms with E-state index < -0.39 is 0 Å². The molecule has 4 heteroatoms. The SMILES string of the molecule is COCCN(CC(C)C)C(=O)CNc1ccccc1. The van der Waals surface area contributed by atoms with Crippen molar-refractivity contribution in [2.75, 3.05) is 38.7 Å². The molecule has 0 unspecified atom stereocenters. The Balaban J connectivity index is 2.46. The number of ether oxygens (including phenoxy) is 1. The summed E-state index contributed by atoms with van der Waals surface area (Å²) in [4.78, 5) is 14.0. The molecule has 0 aromatic heterocycles. The van der Waals surface area contributed by atoms with E-state index in [1.807, 2.05) is 35.2 Å². The average Bonchev–Trinajstić information content (AvgIpc) is 2.41. The lowest BCUT2D eigenvalue weighted by Crippen LogP contribution is -2.40. The molecule has 0 radical (unpaired) electrons. The fourth-order valence-corrected chi connectivity index (χ4v) is 1.81. The third-order valence-electron chi connectivity index (χ3n) is 2.72. The van der Waals surface area contributed by atoms with Crippen molar-refractivity contribution < 1.29 is 9.53 Å². The van der Waals surface area contributed by atoms with Crippen LogP contribution in [0.4, 0.5) is 5.69 Å². The Labute approximate surface area is 115 Å². The van der Waals surface area contributed by atoms with E-state index in [1.165, 1.54) is 0 Å². The number of methoxy groups -OCH3 is 1. The van der Waals surface area contributed by atoms with Gasteiger partial charge in [-0.3, -0.25) is 4.79 Å². The van der Waals surface area contributed by atoms with Crippen LogP contribution in [-0.2, 0) is 9.53 Å². The Hall–Kier alpha value is -1.55. The molecule has 4 nitrogen and oxygen atoms in total. The zero-order valence-corrected chi connectivity index (χ0v) is 12.1. The van der Waals surface area contributed by atoms with E-state index in [1.54, 1.807) is 7.11 Å². The number of rotatable bonds is 8. The fourth-order valence-electron chi connectivity index (χ4n) is 1.81. The summed E-state index contributed by atoms with van der Waals surface area (Å²) in [5.41, 5.74) is 0.965. The Bertz CT molecular complexity index is 366.